The third-order valence-electron chi connectivity index (χ3n) is 2.53. The van der Waals surface area contributed by atoms with E-state index in [2.05, 4.69) is 0 Å². The number of benzene rings is 2. The Morgan fingerprint density at radius 2 is 1.52 bits per heavy atom. The lowest BCUT2D eigenvalue weighted by Gasteiger charge is -2.08. The summed E-state index contributed by atoms with van der Waals surface area (Å²) >= 11 is 0. The molecule has 0 aliphatic heterocycles. The molecule has 2 aromatic rings. The molecule has 0 atom stereocenters. The average molecular weight is 289 g/mol. The molecule has 0 aliphatic rings. The van der Waals surface area contributed by atoms with E-state index in [1.807, 2.05) is 33.8 Å². The minimum atomic E-state index is -0.589. The molecule has 2 aromatic carbocycles. The first-order valence-electron chi connectivity index (χ1n) is 7.08. The van der Waals surface area contributed by atoms with Crippen LogP contribution in [0.1, 0.15) is 38.8 Å². The highest BCUT2D eigenvalue weighted by Gasteiger charge is 2.14. The maximum atomic E-state index is 13.7. The summed E-state index contributed by atoms with van der Waals surface area (Å²) in [5.74, 6) is -1.12. The Morgan fingerprint density at radius 3 is 2.10 bits per heavy atom. The molecule has 0 aromatic heterocycles. The van der Waals surface area contributed by atoms with E-state index >= 15 is 0 Å². The van der Waals surface area contributed by atoms with Gasteiger partial charge in [-0.25, -0.2) is 8.78 Å². The summed E-state index contributed by atoms with van der Waals surface area (Å²) in [6, 6.07) is 10.4. The minimum absolute atomic E-state index is 0.0243. The van der Waals surface area contributed by atoms with Crippen LogP contribution in [0.4, 0.5) is 8.78 Å². The molecule has 0 aliphatic carbocycles. The van der Waals surface area contributed by atoms with Crippen LogP contribution in [0.2, 0.25) is 0 Å². The standard InChI is InChI=1S/C14H9F2N.2C2H6/c1-9-5-6-12(15)11(7-9)14-10(8-17)3-2-4-13(14)16;2*1-2/h2-7H,1H3;2*1-2H3. The number of nitrogens with zero attached hydrogens (tertiary/aromatic N) is 1. The van der Waals surface area contributed by atoms with Crippen LogP contribution in [0.25, 0.3) is 11.1 Å². The van der Waals surface area contributed by atoms with E-state index in [1.165, 1.54) is 30.3 Å². The zero-order chi connectivity index (χ0) is 16.4. The molecule has 2 rings (SSSR count). The zero-order valence-electron chi connectivity index (χ0n) is 13.2. The van der Waals surface area contributed by atoms with Crippen molar-refractivity contribution in [1.29, 1.82) is 5.26 Å². The Bertz CT molecular complexity index is 613. The predicted octanol–water partition coefficient (Wildman–Crippen LogP) is 5.86. The summed E-state index contributed by atoms with van der Waals surface area (Å²) in [5, 5.41) is 8.93. The fourth-order valence-corrected chi connectivity index (χ4v) is 1.72. The third-order valence-corrected chi connectivity index (χ3v) is 2.53. The molecule has 0 N–H and O–H groups in total. The number of nitriles is 1. The maximum Gasteiger partial charge on any atom is 0.132 e. The molecule has 0 fully saturated rings. The van der Waals surface area contributed by atoms with Crippen LogP contribution in [0.15, 0.2) is 36.4 Å². The van der Waals surface area contributed by atoms with Crippen LogP contribution in [0.3, 0.4) is 0 Å². The van der Waals surface area contributed by atoms with Gasteiger partial charge in [0.05, 0.1) is 11.6 Å². The van der Waals surface area contributed by atoms with Crippen LogP contribution in [0, 0.1) is 29.9 Å². The fourth-order valence-electron chi connectivity index (χ4n) is 1.72. The van der Waals surface area contributed by atoms with Gasteiger partial charge in [-0.1, -0.05) is 45.4 Å². The minimum Gasteiger partial charge on any atom is -0.206 e. The van der Waals surface area contributed by atoms with Crippen molar-refractivity contribution in [2.75, 3.05) is 0 Å². The molecular formula is C18H21F2N. The number of hydrogen-bond acceptors (Lipinski definition) is 1. The third kappa shape index (κ3) is 4.68. The number of rotatable bonds is 1. The second-order valence-corrected chi connectivity index (χ2v) is 3.76. The van der Waals surface area contributed by atoms with Crippen molar-refractivity contribution in [2.45, 2.75) is 34.6 Å². The highest BCUT2D eigenvalue weighted by molar-refractivity contribution is 5.72. The first kappa shape index (κ1) is 18.8. The van der Waals surface area contributed by atoms with Gasteiger partial charge in [-0.3, -0.25) is 0 Å². The van der Waals surface area contributed by atoms with Gasteiger partial charge in [0.1, 0.15) is 11.6 Å². The SMILES string of the molecule is CC.CC.Cc1ccc(F)c(-c2c(F)cccc2C#N)c1. The number of halogens is 2. The van der Waals surface area contributed by atoms with E-state index in [1.54, 1.807) is 13.0 Å². The predicted molar refractivity (Wildman–Crippen MR) is 83.9 cm³/mol. The molecule has 0 radical (unpaired) electrons. The second kappa shape index (κ2) is 9.66. The maximum absolute atomic E-state index is 13.7. The lowest BCUT2D eigenvalue weighted by molar-refractivity contribution is 0.615. The summed E-state index contributed by atoms with van der Waals surface area (Å²) in [5.41, 5.74) is 1.10. The summed E-state index contributed by atoms with van der Waals surface area (Å²) in [6.07, 6.45) is 0. The molecule has 112 valence electrons. The van der Waals surface area contributed by atoms with Gasteiger partial charge < -0.3 is 0 Å². The van der Waals surface area contributed by atoms with Gasteiger partial charge in [0, 0.05) is 11.1 Å². The van der Waals surface area contributed by atoms with Crippen LogP contribution < -0.4 is 0 Å². The monoisotopic (exact) mass is 289 g/mol. The van der Waals surface area contributed by atoms with Crippen molar-refractivity contribution < 1.29 is 8.78 Å². The van der Waals surface area contributed by atoms with Crippen LogP contribution in [-0.4, -0.2) is 0 Å². The van der Waals surface area contributed by atoms with Crippen molar-refractivity contribution in [2.24, 2.45) is 0 Å². The zero-order valence-corrected chi connectivity index (χ0v) is 13.2. The normalized spacial score (nSPS) is 8.67. The molecule has 1 nitrogen and oxygen atoms in total. The van der Waals surface area contributed by atoms with E-state index < -0.39 is 11.6 Å². The smallest absolute Gasteiger partial charge is 0.132 e. The molecule has 0 saturated carbocycles. The Balaban J connectivity index is 0.000000921. The molecule has 0 saturated heterocycles. The average Bonchev–Trinajstić information content (AvgIpc) is 2.53. The Labute approximate surface area is 125 Å². The van der Waals surface area contributed by atoms with Gasteiger partial charge in [-0.05, 0) is 31.2 Å². The summed E-state index contributed by atoms with van der Waals surface area (Å²) in [4.78, 5) is 0. The lowest BCUT2D eigenvalue weighted by Crippen LogP contribution is -1.93. The first-order chi connectivity index (χ1) is 10.1. The molecule has 3 heteroatoms. The lowest BCUT2D eigenvalue weighted by atomic mass is 9.98. The van der Waals surface area contributed by atoms with E-state index in [4.69, 9.17) is 5.26 Å². The highest BCUT2D eigenvalue weighted by Crippen LogP contribution is 2.29. The van der Waals surface area contributed by atoms with Gasteiger partial charge in [0.15, 0.2) is 0 Å². The first-order valence-corrected chi connectivity index (χ1v) is 7.08. The van der Waals surface area contributed by atoms with Gasteiger partial charge in [0.2, 0.25) is 0 Å². The van der Waals surface area contributed by atoms with Crippen molar-refractivity contribution in [3.63, 3.8) is 0 Å². The quantitative estimate of drug-likeness (QED) is 0.644. The van der Waals surface area contributed by atoms with Gasteiger partial charge in [0.25, 0.3) is 0 Å². The molecule has 0 unspecified atom stereocenters. The van der Waals surface area contributed by atoms with Gasteiger partial charge in [-0.15, -0.1) is 0 Å². The van der Waals surface area contributed by atoms with E-state index in [0.717, 1.165) is 5.56 Å². The van der Waals surface area contributed by atoms with E-state index in [9.17, 15) is 8.78 Å². The van der Waals surface area contributed by atoms with E-state index in [-0.39, 0.29) is 16.7 Å². The molecule has 0 heterocycles. The Kier molecular flexibility index (Phi) is 8.64. The molecule has 0 amide bonds. The van der Waals surface area contributed by atoms with Crippen LogP contribution in [-0.2, 0) is 0 Å². The molecule has 0 spiro atoms. The number of aryl methyl sites for hydroxylation is 1. The Hall–Kier alpha value is -2.21. The second-order valence-electron chi connectivity index (χ2n) is 3.76. The summed E-state index contributed by atoms with van der Waals surface area (Å²) in [7, 11) is 0. The molecular weight excluding hydrogens is 268 g/mol. The highest BCUT2D eigenvalue weighted by atomic mass is 19.1. The van der Waals surface area contributed by atoms with Crippen molar-refractivity contribution >= 4 is 0 Å². The topological polar surface area (TPSA) is 23.8 Å². The van der Waals surface area contributed by atoms with Crippen LogP contribution >= 0.6 is 0 Å². The Morgan fingerprint density at radius 1 is 0.905 bits per heavy atom. The van der Waals surface area contributed by atoms with Crippen molar-refractivity contribution in [3.8, 4) is 17.2 Å². The summed E-state index contributed by atoms with van der Waals surface area (Å²) in [6.45, 7) is 9.79. The van der Waals surface area contributed by atoms with E-state index in [0.29, 0.717) is 0 Å². The van der Waals surface area contributed by atoms with Crippen molar-refractivity contribution in [1.82, 2.24) is 0 Å². The van der Waals surface area contributed by atoms with Crippen molar-refractivity contribution in [3.05, 3.63) is 59.2 Å². The van der Waals surface area contributed by atoms with Gasteiger partial charge >= 0.3 is 0 Å². The largest absolute Gasteiger partial charge is 0.206 e. The van der Waals surface area contributed by atoms with Crippen LogP contribution in [0.5, 0.6) is 0 Å². The number of hydrogen-bond donors (Lipinski definition) is 0. The molecule has 0 bridgehead atoms. The van der Waals surface area contributed by atoms with Gasteiger partial charge in [-0.2, -0.15) is 5.26 Å². The molecule has 21 heavy (non-hydrogen) atoms. The summed E-state index contributed by atoms with van der Waals surface area (Å²) < 4.78 is 27.4. The fraction of sp³-hybridized carbons (Fsp3) is 0.278.